The minimum atomic E-state index is -0.630. The van der Waals surface area contributed by atoms with Crippen molar-refractivity contribution < 1.29 is 19.5 Å². The van der Waals surface area contributed by atoms with Crippen LogP contribution in [0.4, 0.5) is 5.69 Å². The number of hydrogen-bond donors (Lipinski definition) is 4. The summed E-state index contributed by atoms with van der Waals surface area (Å²) < 4.78 is 4.88. The van der Waals surface area contributed by atoms with Gasteiger partial charge in [0, 0.05) is 30.9 Å². The minimum Gasteiger partial charge on any atom is -0.390 e. The van der Waals surface area contributed by atoms with Gasteiger partial charge in [0.2, 0.25) is 0 Å². The number of ether oxygens (including phenoxy) is 1. The van der Waals surface area contributed by atoms with Crippen LogP contribution in [0.3, 0.4) is 0 Å². The fourth-order valence-electron chi connectivity index (χ4n) is 6.03. The second-order valence-corrected chi connectivity index (χ2v) is 9.05. The monoisotopic (exact) mass is 413 g/mol. The Hall–Kier alpha value is -2.65. The molecule has 4 bridgehead atoms. The lowest BCUT2D eigenvalue weighted by Crippen LogP contribution is -2.59. The number of H-pyrrole nitrogens is 1. The summed E-state index contributed by atoms with van der Waals surface area (Å²) in [6.45, 7) is 0.0724. The Balaban J connectivity index is 1.45. The molecule has 9 heteroatoms. The standard InChI is InChI=1S/C21H27N5O4/c1-29-10-16(22)26-30-20(27)15-9-24-19-14(2-3-23-19)18(15)25-17-12-4-11-5-13(17)8-21(28,6-11)7-12/h2-3,9,11-13,17,28H,4-8,10H2,1H3,(H2,22,26)(H2,23,24,25)/t11?,12-,13+,17?,21?. The first kappa shape index (κ1) is 19.3. The van der Waals surface area contributed by atoms with Crippen LogP contribution >= 0.6 is 0 Å². The molecule has 2 heterocycles. The van der Waals surface area contributed by atoms with E-state index >= 15 is 0 Å². The zero-order chi connectivity index (χ0) is 20.9. The van der Waals surface area contributed by atoms with Gasteiger partial charge < -0.3 is 30.7 Å². The number of pyridine rings is 1. The van der Waals surface area contributed by atoms with Crippen LogP contribution in [0.5, 0.6) is 0 Å². The quantitative estimate of drug-likeness (QED) is 0.246. The number of hydrogen-bond acceptors (Lipinski definition) is 7. The van der Waals surface area contributed by atoms with Gasteiger partial charge in [-0.25, -0.2) is 9.78 Å². The lowest BCUT2D eigenvalue weighted by Gasteiger charge is -2.58. The topological polar surface area (TPSA) is 135 Å². The number of carbonyl (C=O) groups is 1. The molecule has 3 unspecified atom stereocenters. The highest BCUT2D eigenvalue weighted by Gasteiger charge is 2.54. The van der Waals surface area contributed by atoms with Gasteiger partial charge in [0.1, 0.15) is 17.8 Å². The third-order valence-corrected chi connectivity index (χ3v) is 6.90. The summed E-state index contributed by atoms with van der Waals surface area (Å²) >= 11 is 0. The lowest BCUT2D eigenvalue weighted by atomic mass is 9.52. The van der Waals surface area contributed by atoms with Gasteiger partial charge in [0.15, 0.2) is 5.84 Å². The zero-order valence-electron chi connectivity index (χ0n) is 16.9. The second kappa shape index (κ2) is 7.24. The number of oxime groups is 1. The molecule has 0 aromatic carbocycles. The predicted octanol–water partition coefficient (Wildman–Crippen LogP) is 1.99. The van der Waals surface area contributed by atoms with Crippen molar-refractivity contribution in [3.63, 3.8) is 0 Å². The number of aliphatic hydroxyl groups is 1. The molecule has 30 heavy (non-hydrogen) atoms. The molecule has 4 saturated carbocycles. The van der Waals surface area contributed by atoms with E-state index in [4.69, 9.17) is 15.3 Å². The molecule has 4 aliphatic rings. The number of aromatic amines is 1. The molecular weight excluding hydrogens is 386 g/mol. The summed E-state index contributed by atoms with van der Waals surface area (Å²) in [5.41, 5.74) is 6.84. The molecule has 4 aliphatic carbocycles. The molecule has 0 radical (unpaired) electrons. The molecule has 9 nitrogen and oxygen atoms in total. The van der Waals surface area contributed by atoms with Gasteiger partial charge in [-0.05, 0) is 55.9 Å². The van der Waals surface area contributed by atoms with Gasteiger partial charge in [-0.1, -0.05) is 5.16 Å². The lowest BCUT2D eigenvalue weighted by molar-refractivity contribution is -0.129. The Morgan fingerprint density at radius 1 is 1.40 bits per heavy atom. The van der Waals surface area contributed by atoms with Gasteiger partial charge in [-0.2, -0.15) is 0 Å². The van der Waals surface area contributed by atoms with Crippen molar-refractivity contribution in [1.29, 1.82) is 0 Å². The number of rotatable bonds is 6. The van der Waals surface area contributed by atoms with Crippen LogP contribution in [0.15, 0.2) is 23.6 Å². The number of fused-ring (bicyclic) bond motifs is 1. The van der Waals surface area contributed by atoms with Crippen LogP contribution in [0, 0.1) is 17.8 Å². The summed E-state index contributed by atoms with van der Waals surface area (Å²) in [5, 5.41) is 19.0. The first-order valence-electron chi connectivity index (χ1n) is 10.4. The number of anilines is 1. The normalized spacial score (nSPS) is 32.5. The fraction of sp³-hybridized carbons (Fsp3) is 0.571. The third-order valence-electron chi connectivity index (χ3n) is 6.90. The number of methoxy groups -OCH3 is 1. The summed E-state index contributed by atoms with van der Waals surface area (Å²) in [5.74, 6) is 0.836. The molecule has 6 rings (SSSR count). The van der Waals surface area contributed by atoms with Crippen LogP contribution in [0.2, 0.25) is 0 Å². The van der Waals surface area contributed by atoms with Crippen LogP contribution in [-0.4, -0.2) is 52.2 Å². The molecule has 2 aromatic rings. The minimum absolute atomic E-state index is 0.0724. The smallest absolute Gasteiger partial charge is 0.369 e. The largest absolute Gasteiger partial charge is 0.390 e. The van der Waals surface area contributed by atoms with E-state index in [1.54, 1.807) is 6.20 Å². The third kappa shape index (κ3) is 3.31. The summed E-state index contributed by atoms with van der Waals surface area (Å²) in [6, 6.07) is 2.10. The average Bonchev–Trinajstić information content (AvgIpc) is 3.17. The number of nitrogens with two attached hydrogens (primary N) is 1. The number of nitrogens with one attached hydrogen (secondary N) is 2. The van der Waals surface area contributed by atoms with Crippen molar-refractivity contribution >= 4 is 28.5 Å². The molecule has 0 spiro atoms. The van der Waals surface area contributed by atoms with E-state index in [0.29, 0.717) is 34.7 Å². The molecule has 2 aromatic heterocycles. The summed E-state index contributed by atoms with van der Waals surface area (Å²) in [4.78, 5) is 25.3. The molecule has 0 aliphatic heterocycles. The Bertz CT molecular complexity index is 986. The molecular formula is C21H27N5O4. The number of amidine groups is 1. The molecule has 0 saturated heterocycles. The van der Waals surface area contributed by atoms with Gasteiger partial charge >= 0.3 is 5.97 Å². The van der Waals surface area contributed by atoms with Gasteiger partial charge in [-0.15, -0.1) is 0 Å². The molecule has 4 fully saturated rings. The summed E-state index contributed by atoms with van der Waals surface area (Å²) in [6.07, 6.45) is 8.10. The van der Waals surface area contributed by atoms with Crippen LogP contribution in [0.25, 0.3) is 11.0 Å². The maximum Gasteiger partial charge on any atom is 0.369 e. The van der Waals surface area contributed by atoms with E-state index in [2.05, 4.69) is 20.4 Å². The van der Waals surface area contributed by atoms with E-state index < -0.39 is 11.6 Å². The molecule has 160 valence electrons. The second-order valence-electron chi connectivity index (χ2n) is 9.05. The highest BCUT2D eigenvalue weighted by atomic mass is 16.7. The van der Waals surface area contributed by atoms with Crippen LogP contribution in [-0.2, 0) is 9.57 Å². The van der Waals surface area contributed by atoms with Crippen LogP contribution in [0.1, 0.15) is 42.5 Å². The number of nitrogens with zero attached hydrogens (tertiary/aromatic N) is 2. The van der Waals surface area contributed by atoms with Crippen molar-refractivity contribution in [2.24, 2.45) is 28.6 Å². The van der Waals surface area contributed by atoms with Gasteiger partial charge in [0.05, 0.1) is 11.3 Å². The Kier molecular flexibility index (Phi) is 4.67. The van der Waals surface area contributed by atoms with Gasteiger partial charge in [0.25, 0.3) is 0 Å². The molecule has 5 atom stereocenters. The Labute approximate surface area is 174 Å². The van der Waals surface area contributed by atoms with Crippen molar-refractivity contribution in [2.75, 3.05) is 19.0 Å². The predicted molar refractivity (Wildman–Crippen MR) is 111 cm³/mol. The first-order valence-corrected chi connectivity index (χ1v) is 10.4. The highest BCUT2D eigenvalue weighted by molar-refractivity contribution is 6.04. The SMILES string of the molecule is COCC(N)=NOC(=O)c1cnc2[nH]ccc2c1NC1[C@@H]2CC3C[C@H]1CC(O)(C3)C2. The van der Waals surface area contributed by atoms with Crippen molar-refractivity contribution in [2.45, 2.75) is 43.7 Å². The maximum atomic E-state index is 12.8. The van der Waals surface area contributed by atoms with Crippen molar-refractivity contribution in [3.05, 3.63) is 24.0 Å². The van der Waals surface area contributed by atoms with E-state index in [0.717, 1.165) is 37.5 Å². The average molecular weight is 413 g/mol. The Morgan fingerprint density at radius 3 is 2.87 bits per heavy atom. The Morgan fingerprint density at radius 2 is 2.17 bits per heavy atom. The fourth-order valence-corrected chi connectivity index (χ4v) is 6.03. The van der Waals surface area contributed by atoms with E-state index in [9.17, 15) is 9.90 Å². The number of aromatic nitrogens is 2. The zero-order valence-corrected chi connectivity index (χ0v) is 16.9. The molecule has 5 N–H and O–H groups in total. The maximum absolute atomic E-state index is 12.8. The summed E-state index contributed by atoms with van der Waals surface area (Å²) in [7, 11) is 1.48. The van der Waals surface area contributed by atoms with E-state index in [-0.39, 0.29) is 18.5 Å². The molecule has 0 amide bonds. The van der Waals surface area contributed by atoms with Crippen molar-refractivity contribution in [1.82, 2.24) is 9.97 Å². The van der Waals surface area contributed by atoms with Crippen LogP contribution < -0.4 is 11.1 Å². The van der Waals surface area contributed by atoms with Gasteiger partial charge in [-0.3, -0.25) is 0 Å². The van der Waals surface area contributed by atoms with E-state index in [1.807, 2.05) is 6.07 Å². The van der Waals surface area contributed by atoms with Crippen molar-refractivity contribution in [3.8, 4) is 0 Å². The first-order chi connectivity index (χ1) is 14.5. The number of carbonyl (C=O) groups excluding carboxylic acids is 1. The van der Waals surface area contributed by atoms with E-state index in [1.165, 1.54) is 13.3 Å². The highest BCUT2D eigenvalue weighted by Crippen LogP contribution is 2.56.